The first kappa shape index (κ1) is 13.8. The van der Waals surface area contributed by atoms with Gasteiger partial charge in [-0.25, -0.2) is 4.98 Å². The Hall–Kier alpha value is -2.14. The highest BCUT2D eigenvalue weighted by atomic mass is 32.1. The molecule has 0 amide bonds. The smallest absolute Gasteiger partial charge is 0.129 e. The van der Waals surface area contributed by atoms with E-state index in [1.165, 1.54) is 5.56 Å². The standard InChI is InChI=1S/C16H18N4S/c1-9-5-7-12(8-6-9)13-14(19-20(4)16(13)17)15-10(2)18-11(3)21-15/h5-8H,17H2,1-4H3. The lowest BCUT2D eigenvalue weighted by atomic mass is 10.0. The molecule has 0 unspecified atom stereocenters. The van der Waals surface area contributed by atoms with Gasteiger partial charge in [-0.3, -0.25) is 4.68 Å². The first-order valence-corrected chi connectivity index (χ1v) is 7.63. The Balaban J connectivity index is 2.25. The van der Waals surface area contributed by atoms with E-state index in [-0.39, 0.29) is 0 Å². The lowest BCUT2D eigenvalue weighted by Gasteiger charge is -2.04. The van der Waals surface area contributed by atoms with Crippen LogP contribution in [0.5, 0.6) is 0 Å². The molecular formula is C16H18N4S. The highest BCUT2D eigenvalue weighted by molar-refractivity contribution is 7.15. The highest BCUT2D eigenvalue weighted by Gasteiger charge is 2.20. The molecule has 0 aliphatic rings. The van der Waals surface area contributed by atoms with Crippen molar-refractivity contribution < 1.29 is 0 Å². The summed E-state index contributed by atoms with van der Waals surface area (Å²) < 4.78 is 1.74. The summed E-state index contributed by atoms with van der Waals surface area (Å²) in [5, 5.41) is 5.66. The zero-order chi connectivity index (χ0) is 15.1. The molecule has 3 rings (SSSR count). The maximum Gasteiger partial charge on any atom is 0.129 e. The Kier molecular flexibility index (Phi) is 3.29. The Morgan fingerprint density at radius 2 is 1.76 bits per heavy atom. The van der Waals surface area contributed by atoms with Gasteiger partial charge in [0, 0.05) is 7.05 Å². The van der Waals surface area contributed by atoms with Gasteiger partial charge < -0.3 is 5.73 Å². The van der Waals surface area contributed by atoms with Crippen LogP contribution in [0.3, 0.4) is 0 Å². The molecule has 2 aromatic heterocycles. The summed E-state index contributed by atoms with van der Waals surface area (Å²) in [7, 11) is 1.87. The van der Waals surface area contributed by atoms with Crippen molar-refractivity contribution in [1.29, 1.82) is 0 Å². The monoisotopic (exact) mass is 298 g/mol. The number of hydrogen-bond donors (Lipinski definition) is 1. The molecule has 0 saturated heterocycles. The Morgan fingerprint density at radius 1 is 1.10 bits per heavy atom. The van der Waals surface area contributed by atoms with E-state index in [2.05, 4.69) is 41.3 Å². The number of anilines is 1. The van der Waals surface area contributed by atoms with Crippen LogP contribution < -0.4 is 5.73 Å². The van der Waals surface area contributed by atoms with Crippen molar-refractivity contribution in [3.63, 3.8) is 0 Å². The largest absolute Gasteiger partial charge is 0.383 e. The third kappa shape index (κ3) is 2.34. The minimum Gasteiger partial charge on any atom is -0.383 e. The van der Waals surface area contributed by atoms with E-state index >= 15 is 0 Å². The van der Waals surface area contributed by atoms with Gasteiger partial charge in [-0.15, -0.1) is 11.3 Å². The summed E-state index contributed by atoms with van der Waals surface area (Å²) in [4.78, 5) is 5.60. The summed E-state index contributed by atoms with van der Waals surface area (Å²) in [6.07, 6.45) is 0. The van der Waals surface area contributed by atoms with Crippen molar-refractivity contribution in [1.82, 2.24) is 14.8 Å². The van der Waals surface area contributed by atoms with E-state index < -0.39 is 0 Å². The number of rotatable bonds is 2. The third-order valence-corrected chi connectivity index (χ3v) is 4.63. The summed E-state index contributed by atoms with van der Waals surface area (Å²) in [6.45, 7) is 6.11. The fourth-order valence-corrected chi connectivity index (χ4v) is 3.36. The minimum atomic E-state index is 0.680. The second kappa shape index (κ2) is 5.00. The Bertz CT molecular complexity index is 797. The zero-order valence-corrected chi connectivity index (χ0v) is 13.5. The van der Waals surface area contributed by atoms with Crippen molar-refractivity contribution in [2.45, 2.75) is 20.8 Å². The number of benzene rings is 1. The number of hydrogen-bond acceptors (Lipinski definition) is 4. The number of aromatic nitrogens is 3. The van der Waals surface area contributed by atoms with Gasteiger partial charge in [-0.2, -0.15) is 5.10 Å². The van der Waals surface area contributed by atoms with Gasteiger partial charge in [0.15, 0.2) is 0 Å². The summed E-state index contributed by atoms with van der Waals surface area (Å²) in [5.41, 5.74) is 11.5. The lowest BCUT2D eigenvalue weighted by molar-refractivity contribution is 0.782. The molecule has 108 valence electrons. The van der Waals surface area contributed by atoms with Crippen LogP contribution >= 0.6 is 11.3 Å². The van der Waals surface area contributed by atoms with E-state index in [4.69, 9.17) is 5.73 Å². The molecule has 0 atom stereocenters. The fourth-order valence-electron chi connectivity index (χ4n) is 2.45. The number of nitrogen functional groups attached to an aromatic ring is 1. The van der Waals surface area contributed by atoms with Crippen molar-refractivity contribution in [2.75, 3.05) is 5.73 Å². The maximum atomic E-state index is 6.25. The second-order valence-corrected chi connectivity index (χ2v) is 6.45. The van der Waals surface area contributed by atoms with Crippen LogP contribution in [-0.2, 0) is 7.05 Å². The maximum absolute atomic E-state index is 6.25. The lowest BCUT2D eigenvalue weighted by Crippen LogP contribution is -1.97. The fraction of sp³-hybridized carbons (Fsp3) is 0.250. The van der Waals surface area contributed by atoms with Crippen LogP contribution in [0.4, 0.5) is 5.82 Å². The van der Waals surface area contributed by atoms with Crippen LogP contribution in [0.2, 0.25) is 0 Å². The van der Waals surface area contributed by atoms with Gasteiger partial charge >= 0.3 is 0 Å². The molecular weight excluding hydrogens is 280 g/mol. The summed E-state index contributed by atoms with van der Waals surface area (Å²) >= 11 is 1.66. The van der Waals surface area contributed by atoms with Gasteiger partial charge in [0.2, 0.25) is 0 Å². The number of aryl methyl sites for hydroxylation is 4. The van der Waals surface area contributed by atoms with Crippen molar-refractivity contribution >= 4 is 17.2 Å². The molecule has 2 heterocycles. The van der Waals surface area contributed by atoms with Crippen molar-refractivity contribution in [3.05, 3.63) is 40.5 Å². The van der Waals surface area contributed by atoms with Crippen LogP contribution in [0.25, 0.3) is 21.7 Å². The molecule has 1 aromatic carbocycles. The molecule has 0 bridgehead atoms. The molecule has 0 aliphatic heterocycles. The van der Waals surface area contributed by atoms with Crippen LogP contribution in [0.15, 0.2) is 24.3 Å². The van der Waals surface area contributed by atoms with E-state index in [0.29, 0.717) is 5.82 Å². The quantitative estimate of drug-likeness (QED) is 0.784. The molecule has 0 radical (unpaired) electrons. The number of nitrogens with two attached hydrogens (primary N) is 1. The molecule has 0 fully saturated rings. The van der Waals surface area contributed by atoms with Crippen molar-refractivity contribution in [3.8, 4) is 21.7 Å². The Labute approximate surface area is 128 Å². The normalized spacial score (nSPS) is 11.0. The molecule has 0 saturated carbocycles. The zero-order valence-electron chi connectivity index (χ0n) is 12.6. The molecule has 0 spiro atoms. The van der Waals surface area contributed by atoms with Crippen LogP contribution in [0, 0.1) is 20.8 Å². The van der Waals surface area contributed by atoms with Crippen molar-refractivity contribution in [2.24, 2.45) is 7.05 Å². The van der Waals surface area contributed by atoms with Crippen LogP contribution in [-0.4, -0.2) is 14.8 Å². The highest BCUT2D eigenvalue weighted by Crippen LogP contribution is 2.39. The van der Waals surface area contributed by atoms with Gasteiger partial charge in [-0.05, 0) is 26.3 Å². The van der Waals surface area contributed by atoms with Gasteiger partial charge in [0.25, 0.3) is 0 Å². The first-order valence-electron chi connectivity index (χ1n) is 6.81. The topological polar surface area (TPSA) is 56.7 Å². The minimum absolute atomic E-state index is 0.680. The van der Waals surface area contributed by atoms with E-state index in [1.807, 2.05) is 20.9 Å². The summed E-state index contributed by atoms with van der Waals surface area (Å²) in [5.74, 6) is 0.680. The van der Waals surface area contributed by atoms with E-state index in [1.54, 1.807) is 16.0 Å². The predicted octanol–water partition coefficient (Wildman–Crippen LogP) is 3.72. The molecule has 3 aromatic rings. The molecule has 4 nitrogen and oxygen atoms in total. The van der Waals surface area contributed by atoms with Crippen LogP contribution in [0.1, 0.15) is 16.3 Å². The average Bonchev–Trinajstić information content (AvgIpc) is 2.92. The first-order chi connectivity index (χ1) is 9.97. The number of nitrogens with zero attached hydrogens (tertiary/aromatic N) is 3. The van der Waals surface area contributed by atoms with E-state index in [9.17, 15) is 0 Å². The Morgan fingerprint density at radius 3 is 2.33 bits per heavy atom. The van der Waals surface area contributed by atoms with Gasteiger partial charge in [0.1, 0.15) is 11.5 Å². The number of thiazole rings is 1. The van der Waals surface area contributed by atoms with Gasteiger partial charge in [0.05, 0.1) is 21.1 Å². The third-order valence-electron chi connectivity index (χ3n) is 3.55. The van der Waals surface area contributed by atoms with Gasteiger partial charge in [-0.1, -0.05) is 29.8 Å². The molecule has 0 aliphatic carbocycles. The SMILES string of the molecule is Cc1ccc(-c2c(-c3sc(C)nc3C)nn(C)c2N)cc1. The molecule has 21 heavy (non-hydrogen) atoms. The molecule has 2 N–H and O–H groups in total. The molecule has 5 heteroatoms. The predicted molar refractivity (Wildman–Crippen MR) is 88.4 cm³/mol. The average molecular weight is 298 g/mol. The second-order valence-electron chi connectivity index (χ2n) is 5.25. The van der Waals surface area contributed by atoms with E-state index in [0.717, 1.165) is 32.4 Å². The summed E-state index contributed by atoms with van der Waals surface area (Å²) in [6, 6.07) is 8.37.